The number of carbonyl (C=O) groups excluding carboxylic acids is 1. The van der Waals surface area contributed by atoms with Crippen molar-refractivity contribution in [2.75, 3.05) is 20.3 Å². The third-order valence-corrected chi connectivity index (χ3v) is 6.41. The Bertz CT molecular complexity index is 1100. The van der Waals surface area contributed by atoms with Gasteiger partial charge in [-0.3, -0.25) is 4.79 Å². The first-order chi connectivity index (χ1) is 17.0. The molecule has 2 aliphatic heterocycles. The summed E-state index contributed by atoms with van der Waals surface area (Å²) in [7, 11) is 1.15. The molecule has 0 bridgehead atoms. The van der Waals surface area contributed by atoms with Gasteiger partial charge in [-0.2, -0.15) is 13.2 Å². The fraction of sp³-hybridized carbons (Fsp3) is 0.542. The van der Waals surface area contributed by atoms with E-state index >= 15 is 0 Å². The van der Waals surface area contributed by atoms with E-state index in [1.807, 2.05) is 11.8 Å². The molecule has 0 radical (unpaired) electrons. The van der Waals surface area contributed by atoms with Crippen LogP contribution in [0.2, 0.25) is 0 Å². The van der Waals surface area contributed by atoms with Gasteiger partial charge in [0.1, 0.15) is 11.3 Å². The molecule has 1 saturated heterocycles. The van der Waals surface area contributed by atoms with Crippen LogP contribution in [0, 0.1) is 0 Å². The average molecular weight is 513 g/mol. The maximum absolute atomic E-state index is 12.6. The van der Waals surface area contributed by atoms with Crippen LogP contribution in [0.25, 0.3) is 0 Å². The Morgan fingerprint density at radius 3 is 2.61 bits per heavy atom. The van der Waals surface area contributed by atoms with Gasteiger partial charge >= 0.3 is 12.1 Å². The fourth-order valence-electron chi connectivity index (χ4n) is 4.34. The third kappa shape index (κ3) is 5.81. The number of alkyl halides is 3. The van der Waals surface area contributed by atoms with Gasteiger partial charge in [-0.05, 0) is 43.9 Å². The van der Waals surface area contributed by atoms with Gasteiger partial charge in [0.2, 0.25) is 5.88 Å². The Balaban J connectivity index is 0.000000207. The van der Waals surface area contributed by atoms with Crippen LogP contribution in [0.15, 0.2) is 18.3 Å². The van der Waals surface area contributed by atoms with Crippen LogP contribution >= 0.6 is 0 Å². The number of halogens is 3. The molecule has 0 aromatic carbocycles. The van der Waals surface area contributed by atoms with E-state index in [0.717, 1.165) is 32.6 Å². The Morgan fingerprint density at radius 1 is 1.33 bits per heavy atom. The van der Waals surface area contributed by atoms with Crippen molar-refractivity contribution in [2.24, 2.45) is 5.73 Å². The molecule has 3 N–H and O–H groups in total. The summed E-state index contributed by atoms with van der Waals surface area (Å²) in [6.07, 6.45) is -0.612. The highest BCUT2D eigenvalue weighted by atomic mass is 19.4. The molecule has 36 heavy (non-hydrogen) atoms. The Kier molecular flexibility index (Phi) is 8.62. The Morgan fingerprint density at radius 2 is 2.06 bits per heavy atom. The van der Waals surface area contributed by atoms with Gasteiger partial charge in [0.15, 0.2) is 0 Å². The lowest BCUT2D eigenvalue weighted by Gasteiger charge is -2.24. The van der Waals surface area contributed by atoms with Crippen LogP contribution in [-0.2, 0) is 24.1 Å². The molecule has 1 fully saturated rings. The molecule has 0 spiro atoms. The van der Waals surface area contributed by atoms with Crippen LogP contribution in [0.4, 0.5) is 13.2 Å². The third-order valence-electron chi connectivity index (χ3n) is 6.41. The molecule has 2 atom stereocenters. The van der Waals surface area contributed by atoms with E-state index in [1.165, 1.54) is 12.3 Å². The predicted octanol–water partition coefficient (Wildman–Crippen LogP) is 3.86. The van der Waals surface area contributed by atoms with Gasteiger partial charge in [0.05, 0.1) is 31.6 Å². The molecule has 0 unspecified atom stereocenters. The number of nitrogens with two attached hydrogens (primary N) is 1. The first-order valence-corrected chi connectivity index (χ1v) is 11.7. The van der Waals surface area contributed by atoms with Crippen LogP contribution in [0.5, 0.6) is 5.88 Å². The number of ether oxygens (including phenoxy) is 2. The molecule has 4 heterocycles. The molecule has 9 nitrogen and oxygen atoms in total. The minimum absolute atomic E-state index is 0.0642. The van der Waals surface area contributed by atoms with Crippen molar-refractivity contribution in [1.82, 2.24) is 14.5 Å². The molecule has 2 aliphatic rings. The summed E-state index contributed by atoms with van der Waals surface area (Å²) < 4.78 is 49.6. The lowest BCUT2D eigenvalue weighted by molar-refractivity contribution is -0.139. The summed E-state index contributed by atoms with van der Waals surface area (Å²) in [5.74, 6) is -1.50. The number of hydrogen-bond donors (Lipinski definition) is 2. The molecular weight excluding hydrogens is 481 g/mol. The lowest BCUT2D eigenvalue weighted by atomic mass is 10.1. The van der Waals surface area contributed by atoms with E-state index in [1.54, 1.807) is 11.5 Å². The number of carboxylic acid groups (broad SMARTS) is 1. The second-order valence-electron chi connectivity index (χ2n) is 8.73. The fourth-order valence-corrected chi connectivity index (χ4v) is 4.34. The molecule has 0 saturated carbocycles. The summed E-state index contributed by atoms with van der Waals surface area (Å²) in [6.45, 7) is 5.88. The minimum atomic E-state index is -4.48. The maximum atomic E-state index is 12.6. The van der Waals surface area contributed by atoms with Gasteiger partial charge in [0.25, 0.3) is 5.91 Å². The monoisotopic (exact) mass is 512 g/mol. The second kappa shape index (κ2) is 11.3. The number of nitrogens with zero attached hydrogens (tertiary/aromatic N) is 3. The van der Waals surface area contributed by atoms with Gasteiger partial charge in [-0.15, -0.1) is 0 Å². The molecule has 198 valence electrons. The van der Waals surface area contributed by atoms with Crippen LogP contribution < -0.4 is 10.5 Å². The molecule has 12 heteroatoms. The number of carboxylic acids is 1. The molecule has 2 aromatic heterocycles. The molecule has 1 amide bonds. The quantitative estimate of drug-likeness (QED) is 0.624. The van der Waals surface area contributed by atoms with Crippen LogP contribution in [0.3, 0.4) is 0 Å². The zero-order valence-corrected chi connectivity index (χ0v) is 20.5. The molecular formula is C24H31F3N4O5. The normalized spacial score (nSPS) is 18.2. The predicted molar refractivity (Wildman–Crippen MR) is 124 cm³/mol. The van der Waals surface area contributed by atoms with Crippen LogP contribution in [0.1, 0.15) is 76.8 Å². The van der Waals surface area contributed by atoms with Crippen molar-refractivity contribution in [3.63, 3.8) is 0 Å². The smallest absolute Gasteiger partial charge is 0.421 e. The van der Waals surface area contributed by atoms with E-state index in [0.29, 0.717) is 36.5 Å². The van der Waals surface area contributed by atoms with E-state index in [9.17, 15) is 27.9 Å². The molecule has 0 aliphatic carbocycles. The number of pyridine rings is 1. The van der Waals surface area contributed by atoms with Gasteiger partial charge in [-0.25, -0.2) is 9.78 Å². The number of aromatic carboxylic acids is 1. The highest BCUT2D eigenvalue weighted by Crippen LogP contribution is 2.36. The highest BCUT2D eigenvalue weighted by molar-refractivity contribution is 5.98. The van der Waals surface area contributed by atoms with Crippen molar-refractivity contribution < 1.29 is 37.3 Å². The number of hydrogen-bond acceptors (Lipinski definition) is 6. The highest BCUT2D eigenvalue weighted by Gasteiger charge is 2.36. The number of aromatic nitrogens is 2. The Hall–Kier alpha value is -3.12. The van der Waals surface area contributed by atoms with Crippen molar-refractivity contribution in [1.29, 1.82) is 0 Å². The number of rotatable bonds is 5. The lowest BCUT2D eigenvalue weighted by Crippen LogP contribution is -2.35. The first-order valence-electron chi connectivity index (χ1n) is 11.7. The number of methoxy groups -OCH3 is 1. The second-order valence-corrected chi connectivity index (χ2v) is 8.73. The van der Waals surface area contributed by atoms with Crippen LogP contribution in [-0.4, -0.2) is 57.7 Å². The van der Waals surface area contributed by atoms with Crippen molar-refractivity contribution in [3.05, 3.63) is 46.4 Å². The largest absolute Gasteiger partial charge is 0.481 e. The Labute approximate surface area is 207 Å². The molecule has 4 rings (SSSR count). The number of fused-ring (bicyclic) bond motifs is 1. The zero-order chi connectivity index (χ0) is 26.6. The zero-order valence-electron chi connectivity index (χ0n) is 20.5. The topological polar surface area (TPSA) is 120 Å². The van der Waals surface area contributed by atoms with Gasteiger partial charge in [-0.1, -0.05) is 6.92 Å². The van der Waals surface area contributed by atoms with Crippen molar-refractivity contribution in [3.8, 4) is 5.88 Å². The minimum Gasteiger partial charge on any atom is -0.481 e. The first kappa shape index (κ1) is 27.5. The maximum Gasteiger partial charge on any atom is 0.421 e. The van der Waals surface area contributed by atoms with Gasteiger partial charge in [0, 0.05) is 31.4 Å². The summed E-state index contributed by atoms with van der Waals surface area (Å²) in [5, 5.41) is 9.26. The summed E-state index contributed by atoms with van der Waals surface area (Å²) in [4.78, 5) is 29.4. The SMILES string of the molecule is CC[C@@H](N)c1cnc(OC)c(C(F)(F)F)c1.C[C@H]1CCCN1C(=O)c1cc(C(=O)O)c2n1CCOC2. The number of likely N-dealkylation sites (tertiary alicyclic amines) is 1. The van der Waals surface area contributed by atoms with E-state index in [-0.39, 0.29) is 24.1 Å². The van der Waals surface area contributed by atoms with Gasteiger partial charge < -0.3 is 29.8 Å². The average Bonchev–Trinajstić information content (AvgIpc) is 3.46. The molecule has 2 aromatic rings. The number of carbonyl (C=O) groups is 2. The van der Waals surface area contributed by atoms with Crippen molar-refractivity contribution in [2.45, 2.75) is 64.5 Å². The van der Waals surface area contributed by atoms with E-state index in [4.69, 9.17) is 10.5 Å². The summed E-state index contributed by atoms with van der Waals surface area (Å²) in [5.41, 5.74) is 6.37. The van der Waals surface area contributed by atoms with E-state index in [2.05, 4.69) is 9.72 Å². The summed E-state index contributed by atoms with van der Waals surface area (Å²) in [6, 6.07) is 2.26. The number of amides is 1. The standard InChI is InChI=1S/C14H18N2O4.C10H13F3N2O/c1-9-3-2-4-15(9)13(17)11-7-10(14(18)19)12-8-20-6-5-16(11)12;1-3-8(14)6-4-7(10(11,12)13)9(16-2)15-5-6/h7,9H,2-6,8H2,1H3,(H,18,19);4-5,8H,3,14H2,1-2H3/t9-;8-/m01/s1. The summed E-state index contributed by atoms with van der Waals surface area (Å²) >= 11 is 0. The van der Waals surface area contributed by atoms with E-state index < -0.39 is 29.6 Å². The van der Waals surface area contributed by atoms with Crippen molar-refractivity contribution >= 4 is 11.9 Å².